The number of amides is 1. The number of carboxylic acid groups (broad SMARTS) is 1. The van der Waals surface area contributed by atoms with Gasteiger partial charge < -0.3 is 15.2 Å². The number of benzene rings is 2. The van der Waals surface area contributed by atoms with Gasteiger partial charge in [0.05, 0.1) is 0 Å². The van der Waals surface area contributed by atoms with E-state index in [1.54, 1.807) is 18.2 Å². The van der Waals surface area contributed by atoms with Crippen LogP contribution in [0.2, 0.25) is 0 Å². The summed E-state index contributed by atoms with van der Waals surface area (Å²) in [7, 11) is 0. The van der Waals surface area contributed by atoms with Crippen molar-refractivity contribution in [3.8, 4) is 5.75 Å². The predicted molar refractivity (Wildman–Crippen MR) is 92.4 cm³/mol. The molecule has 1 amide bonds. The summed E-state index contributed by atoms with van der Waals surface area (Å²) >= 11 is 0. The van der Waals surface area contributed by atoms with Crippen LogP contribution in [0.15, 0.2) is 42.5 Å². The second-order valence-corrected chi connectivity index (χ2v) is 5.70. The molecule has 2 aromatic rings. The summed E-state index contributed by atoms with van der Waals surface area (Å²) in [5.41, 5.74) is 3.84. The van der Waals surface area contributed by atoms with Gasteiger partial charge in [-0.2, -0.15) is 0 Å². The molecule has 0 heterocycles. The molecule has 0 saturated heterocycles. The summed E-state index contributed by atoms with van der Waals surface area (Å²) < 4.78 is 5.11. The lowest BCUT2D eigenvalue weighted by Crippen LogP contribution is -2.13. The molecule has 0 aliphatic heterocycles. The van der Waals surface area contributed by atoms with Gasteiger partial charge in [-0.15, -0.1) is 0 Å². The SMILES string of the molecule is Cc1cccc(CCC(=O)Nc2ccc(OCC(=O)O)cc2C)c1. The summed E-state index contributed by atoms with van der Waals surface area (Å²) in [5, 5.41) is 11.5. The first-order valence-corrected chi connectivity index (χ1v) is 7.74. The fourth-order valence-corrected chi connectivity index (χ4v) is 2.35. The zero-order chi connectivity index (χ0) is 17.5. The minimum atomic E-state index is -1.03. The van der Waals surface area contributed by atoms with Crippen LogP contribution >= 0.6 is 0 Å². The van der Waals surface area contributed by atoms with Crippen molar-refractivity contribution in [2.75, 3.05) is 11.9 Å². The van der Waals surface area contributed by atoms with Gasteiger partial charge >= 0.3 is 5.97 Å². The van der Waals surface area contributed by atoms with Crippen LogP contribution in [0.3, 0.4) is 0 Å². The number of nitrogens with one attached hydrogen (secondary N) is 1. The van der Waals surface area contributed by atoms with Crippen LogP contribution in [0, 0.1) is 13.8 Å². The van der Waals surface area contributed by atoms with E-state index in [1.165, 1.54) is 5.56 Å². The molecule has 2 N–H and O–H groups in total. The Kier molecular flexibility index (Phi) is 5.95. The Balaban J connectivity index is 1.90. The lowest BCUT2D eigenvalue weighted by molar-refractivity contribution is -0.139. The number of anilines is 1. The minimum Gasteiger partial charge on any atom is -0.482 e. The number of hydrogen-bond acceptors (Lipinski definition) is 3. The molecule has 0 spiro atoms. The van der Waals surface area contributed by atoms with E-state index >= 15 is 0 Å². The predicted octanol–water partition coefficient (Wildman–Crippen LogP) is 3.34. The van der Waals surface area contributed by atoms with E-state index in [0.717, 1.165) is 11.1 Å². The maximum atomic E-state index is 12.1. The molecule has 0 bridgehead atoms. The molecule has 0 unspecified atom stereocenters. The smallest absolute Gasteiger partial charge is 0.341 e. The van der Waals surface area contributed by atoms with Crippen molar-refractivity contribution in [3.05, 3.63) is 59.2 Å². The standard InChI is InChI=1S/C19H21NO4/c1-13-4-3-5-15(10-13)6-9-18(21)20-17-8-7-16(11-14(17)2)24-12-19(22)23/h3-5,7-8,10-11H,6,9,12H2,1-2H3,(H,20,21)(H,22,23). The molecule has 2 aromatic carbocycles. The van der Waals surface area contributed by atoms with E-state index in [0.29, 0.717) is 24.3 Å². The highest BCUT2D eigenvalue weighted by atomic mass is 16.5. The number of ether oxygens (including phenoxy) is 1. The maximum absolute atomic E-state index is 12.1. The van der Waals surface area contributed by atoms with Crippen molar-refractivity contribution in [1.29, 1.82) is 0 Å². The van der Waals surface area contributed by atoms with Crippen molar-refractivity contribution in [1.82, 2.24) is 0 Å². The Morgan fingerprint density at radius 3 is 2.58 bits per heavy atom. The first-order chi connectivity index (χ1) is 11.4. The Morgan fingerprint density at radius 2 is 1.92 bits per heavy atom. The zero-order valence-electron chi connectivity index (χ0n) is 13.8. The van der Waals surface area contributed by atoms with E-state index < -0.39 is 5.97 Å². The summed E-state index contributed by atoms with van der Waals surface area (Å²) in [6.45, 7) is 3.48. The fraction of sp³-hybridized carbons (Fsp3) is 0.263. The van der Waals surface area contributed by atoms with Gasteiger partial charge in [-0.3, -0.25) is 4.79 Å². The molecule has 24 heavy (non-hydrogen) atoms. The van der Waals surface area contributed by atoms with E-state index in [4.69, 9.17) is 9.84 Å². The molecule has 0 aliphatic carbocycles. The molecule has 0 radical (unpaired) electrons. The molecule has 0 saturated carbocycles. The van der Waals surface area contributed by atoms with E-state index in [1.807, 2.05) is 32.0 Å². The van der Waals surface area contributed by atoms with Gasteiger partial charge in [0.15, 0.2) is 6.61 Å². The fourth-order valence-electron chi connectivity index (χ4n) is 2.35. The van der Waals surface area contributed by atoms with E-state index in [-0.39, 0.29) is 12.5 Å². The van der Waals surface area contributed by atoms with Gasteiger partial charge in [-0.1, -0.05) is 29.8 Å². The molecule has 5 heteroatoms. The molecule has 0 atom stereocenters. The normalized spacial score (nSPS) is 10.2. The second kappa shape index (κ2) is 8.15. The molecular weight excluding hydrogens is 306 g/mol. The van der Waals surface area contributed by atoms with Gasteiger partial charge in [0.25, 0.3) is 0 Å². The van der Waals surface area contributed by atoms with Crippen LogP contribution in [0.4, 0.5) is 5.69 Å². The summed E-state index contributed by atoms with van der Waals surface area (Å²) in [6, 6.07) is 13.2. The van der Waals surface area contributed by atoms with Crippen LogP contribution in [-0.4, -0.2) is 23.6 Å². The highest BCUT2D eigenvalue weighted by Crippen LogP contribution is 2.21. The van der Waals surface area contributed by atoms with E-state index in [2.05, 4.69) is 11.4 Å². The van der Waals surface area contributed by atoms with Crippen LogP contribution in [0.25, 0.3) is 0 Å². The minimum absolute atomic E-state index is 0.0567. The number of aliphatic carboxylic acids is 1. The highest BCUT2D eigenvalue weighted by Gasteiger charge is 2.07. The molecule has 5 nitrogen and oxygen atoms in total. The second-order valence-electron chi connectivity index (χ2n) is 5.70. The molecule has 0 aromatic heterocycles. The number of carbonyl (C=O) groups excluding carboxylic acids is 1. The Morgan fingerprint density at radius 1 is 1.12 bits per heavy atom. The Hall–Kier alpha value is -2.82. The van der Waals surface area contributed by atoms with Crippen molar-refractivity contribution < 1.29 is 19.4 Å². The topological polar surface area (TPSA) is 75.6 Å². The third kappa shape index (κ3) is 5.43. The van der Waals surface area contributed by atoms with Gasteiger partial charge in [-0.05, 0) is 49.6 Å². The number of aryl methyl sites for hydroxylation is 3. The van der Waals surface area contributed by atoms with Crippen LogP contribution in [0.5, 0.6) is 5.75 Å². The largest absolute Gasteiger partial charge is 0.482 e. The average Bonchev–Trinajstić information content (AvgIpc) is 2.53. The highest BCUT2D eigenvalue weighted by molar-refractivity contribution is 5.91. The lowest BCUT2D eigenvalue weighted by Gasteiger charge is -2.11. The average molecular weight is 327 g/mol. The molecule has 0 aliphatic rings. The Labute approximate surface area is 141 Å². The first kappa shape index (κ1) is 17.5. The van der Waals surface area contributed by atoms with Gasteiger partial charge in [0.1, 0.15) is 5.75 Å². The van der Waals surface area contributed by atoms with Crippen molar-refractivity contribution >= 4 is 17.6 Å². The van der Waals surface area contributed by atoms with Gasteiger partial charge in [0.2, 0.25) is 5.91 Å². The van der Waals surface area contributed by atoms with Crippen molar-refractivity contribution in [2.45, 2.75) is 26.7 Å². The number of hydrogen-bond donors (Lipinski definition) is 2. The van der Waals surface area contributed by atoms with Crippen LogP contribution in [0.1, 0.15) is 23.1 Å². The third-order valence-electron chi connectivity index (χ3n) is 3.56. The molecular formula is C19H21NO4. The van der Waals surface area contributed by atoms with Crippen LogP contribution < -0.4 is 10.1 Å². The van der Waals surface area contributed by atoms with Crippen molar-refractivity contribution in [3.63, 3.8) is 0 Å². The monoisotopic (exact) mass is 327 g/mol. The summed E-state index contributed by atoms with van der Waals surface area (Å²) in [4.78, 5) is 22.6. The zero-order valence-corrected chi connectivity index (χ0v) is 13.8. The lowest BCUT2D eigenvalue weighted by atomic mass is 10.1. The van der Waals surface area contributed by atoms with Crippen molar-refractivity contribution in [2.24, 2.45) is 0 Å². The van der Waals surface area contributed by atoms with E-state index in [9.17, 15) is 9.59 Å². The number of carboxylic acids is 1. The molecule has 2 rings (SSSR count). The van der Waals surface area contributed by atoms with Gasteiger partial charge in [-0.25, -0.2) is 4.79 Å². The molecule has 0 fully saturated rings. The van der Waals surface area contributed by atoms with Crippen LogP contribution in [-0.2, 0) is 16.0 Å². The molecule has 126 valence electrons. The third-order valence-corrected chi connectivity index (χ3v) is 3.56. The quantitative estimate of drug-likeness (QED) is 0.818. The first-order valence-electron chi connectivity index (χ1n) is 7.74. The summed E-state index contributed by atoms with van der Waals surface area (Å²) in [6.07, 6.45) is 1.09. The maximum Gasteiger partial charge on any atom is 0.341 e. The summed E-state index contributed by atoms with van der Waals surface area (Å²) in [5.74, 6) is -0.618. The number of rotatable bonds is 7. The van der Waals surface area contributed by atoms with Gasteiger partial charge in [0, 0.05) is 12.1 Å². The number of carbonyl (C=O) groups is 2. The Bertz CT molecular complexity index is 740.